The quantitative estimate of drug-likeness (QED) is 0.810. The predicted octanol–water partition coefficient (Wildman–Crippen LogP) is 0.316. The van der Waals surface area contributed by atoms with Gasteiger partial charge in [0.2, 0.25) is 10.0 Å². The van der Waals surface area contributed by atoms with Crippen molar-refractivity contribution in [1.29, 1.82) is 0 Å². The summed E-state index contributed by atoms with van der Waals surface area (Å²) in [5.41, 5.74) is 0.489. The van der Waals surface area contributed by atoms with Crippen molar-refractivity contribution in [3.05, 3.63) is 11.6 Å². The van der Waals surface area contributed by atoms with E-state index in [2.05, 4.69) is 5.32 Å². The first-order chi connectivity index (χ1) is 9.53. The molecule has 0 fully saturated rings. The Balaban J connectivity index is 2.51. The second-order valence-corrected chi connectivity index (χ2v) is 10.6. The molecule has 7 nitrogen and oxygen atoms in total. The van der Waals surface area contributed by atoms with E-state index in [4.69, 9.17) is 5.14 Å². The number of fused-ring (bicyclic) bond motifs is 1. The van der Waals surface area contributed by atoms with Gasteiger partial charge in [-0.25, -0.2) is 22.0 Å². The first-order valence-electron chi connectivity index (χ1n) is 6.39. The lowest BCUT2D eigenvalue weighted by atomic mass is 10.1. The Labute approximate surface area is 129 Å². The lowest BCUT2D eigenvalue weighted by molar-refractivity contribution is 0.368. The van der Waals surface area contributed by atoms with Crippen LogP contribution in [0.4, 0.5) is 0 Å². The molecule has 0 unspecified atom stereocenters. The normalized spacial score (nSPS) is 22.4. The van der Waals surface area contributed by atoms with Crippen molar-refractivity contribution < 1.29 is 16.8 Å². The van der Waals surface area contributed by atoms with Crippen molar-refractivity contribution in [2.75, 3.05) is 20.1 Å². The molecule has 2 rings (SSSR count). The zero-order valence-electron chi connectivity index (χ0n) is 12.0. The van der Waals surface area contributed by atoms with Crippen LogP contribution in [0.2, 0.25) is 0 Å². The van der Waals surface area contributed by atoms with Crippen LogP contribution in [0, 0.1) is 5.92 Å². The van der Waals surface area contributed by atoms with E-state index < -0.39 is 20.0 Å². The van der Waals surface area contributed by atoms with E-state index >= 15 is 0 Å². The van der Waals surface area contributed by atoms with E-state index in [0.717, 1.165) is 0 Å². The molecule has 1 aromatic rings. The average Bonchev–Trinajstić information content (AvgIpc) is 2.78. The lowest BCUT2D eigenvalue weighted by Gasteiger charge is -2.30. The summed E-state index contributed by atoms with van der Waals surface area (Å²) < 4.78 is 48.7. The maximum absolute atomic E-state index is 12.3. The minimum Gasteiger partial charge on any atom is -0.309 e. The molecule has 0 aliphatic carbocycles. The number of likely N-dealkylation sites (N-methyl/N-ethyl adjacent to an activating group) is 1. The molecule has 0 spiro atoms. The minimum atomic E-state index is -3.91. The van der Waals surface area contributed by atoms with Crippen LogP contribution in [0.1, 0.15) is 25.5 Å². The van der Waals surface area contributed by atoms with Gasteiger partial charge < -0.3 is 5.32 Å². The van der Waals surface area contributed by atoms with E-state index in [0.29, 0.717) is 29.4 Å². The predicted molar refractivity (Wildman–Crippen MR) is 81.1 cm³/mol. The van der Waals surface area contributed by atoms with Gasteiger partial charge in [-0.15, -0.1) is 11.3 Å². The number of primary sulfonamides is 1. The van der Waals surface area contributed by atoms with E-state index in [1.165, 1.54) is 17.4 Å². The maximum Gasteiger partial charge on any atom is 0.252 e. The van der Waals surface area contributed by atoms with Crippen LogP contribution in [-0.2, 0) is 20.0 Å². The van der Waals surface area contributed by atoms with E-state index in [1.54, 1.807) is 0 Å². The Bertz CT molecular complexity index is 737. The number of rotatable bonds is 4. The zero-order valence-corrected chi connectivity index (χ0v) is 14.5. The topological polar surface area (TPSA) is 110 Å². The fourth-order valence-electron chi connectivity index (χ4n) is 2.10. The Hall–Kier alpha value is -0.520. The summed E-state index contributed by atoms with van der Waals surface area (Å²) in [5, 5.41) is 8.39. The molecule has 0 bridgehead atoms. The van der Waals surface area contributed by atoms with E-state index in [9.17, 15) is 16.8 Å². The third-order valence-electron chi connectivity index (χ3n) is 3.21. The van der Waals surface area contributed by atoms with Gasteiger partial charge >= 0.3 is 0 Å². The Morgan fingerprint density at radius 1 is 1.52 bits per heavy atom. The number of thiophene rings is 1. The number of hydrogen-bond acceptors (Lipinski definition) is 6. The highest BCUT2D eigenvalue weighted by atomic mass is 32.3. The van der Waals surface area contributed by atoms with Gasteiger partial charge in [0.25, 0.3) is 10.0 Å². The van der Waals surface area contributed by atoms with Crippen LogP contribution in [-0.4, -0.2) is 41.3 Å². The van der Waals surface area contributed by atoms with Gasteiger partial charge in [0.1, 0.15) is 8.42 Å². The maximum atomic E-state index is 12.3. The summed E-state index contributed by atoms with van der Waals surface area (Å²) in [6.45, 7) is 5.06. The Morgan fingerprint density at radius 2 is 2.14 bits per heavy atom. The molecule has 0 radical (unpaired) electrons. The molecule has 10 heteroatoms. The molecule has 0 saturated carbocycles. The Morgan fingerprint density at radius 3 is 2.67 bits per heavy atom. The molecule has 1 aliphatic heterocycles. The summed E-state index contributed by atoms with van der Waals surface area (Å²) in [4.78, 5) is 0. The molecule has 1 atom stereocenters. The number of nitrogens with zero attached hydrogens (tertiary/aromatic N) is 1. The summed E-state index contributed by atoms with van der Waals surface area (Å²) in [5.74, 6) is 0.397. The first kappa shape index (κ1) is 16.8. The summed E-state index contributed by atoms with van der Waals surface area (Å²) in [6.07, 6.45) is 0. The largest absolute Gasteiger partial charge is 0.309 e. The number of hydrogen-bond donors (Lipinski definition) is 2. The molecule has 1 aromatic heterocycles. The van der Waals surface area contributed by atoms with Gasteiger partial charge in [0.15, 0.2) is 0 Å². The van der Waals surface area contributed by atoms with E-state index in [1.807, 2.05) is 13.8 Å². The summed E-state index contributed by atoms with van der Waals surface area (Å²) in [6, 6.07) is 1.14. The van der Waals surface area contributed by atoms with Crippen molar-refractivity contribution in [2.45, 2.75) is 28.3 Å². The van der Waals surface area contributed by atoms with Crippen molar-refractivity contribution >= 4 is 31.4 Å². The summed E-state index contributed by atoms with van der Waals surface area (Å²) >= 11 is 0.708. The monoisotopic (exact) mass is 353 g/mol. The molecule has 2 heterocycles. The van der Waals surface area contributed by atoms with Gasteiger partial charge in [0.05, 0.1) is 0 Å². The van der Waals surface area contributed by atoms with Crippen LogP contribution < -0.4 is 10.5 Å². The van der Waals surface area contributed by atoms with Gasteiger partial charge in [-0.2, -0.15) is 4.31 Å². The van der Waals surface area contributed by atoms with Crippen LogP contribution in [0.5, 0.6) is 0 Å². The third kappa shape index (κ3) is 3.30. The SMILES string of the molecule is CC(C)CN[C@H]1CN(C)S(=O)(=O)c2sc(S(N)(=O)=O)cc21. The summed E-state index contributed by atoms with van der Waals surface area (Å²) in [7, 11) is -6.07. The van der Waals surface area contributed by atoms with Crippen LogP contribution in [0.3, 0.4) is 0 Å². The fraction of sp³-hybridized carbons (Fsp3) is 0.636. The van der Waals surface area contributed by atoms with Crippen molar-refractivity contribution in [1.82, 2.24) is 9.62 Å². The molecule has 0 aromatic carbocycles. The van der Waals surface area contributed by atoms with Crippen molar-refractivity contribution in [3.63, 3.8) is 0 Å². The molecule has 0 saturated heterocycles. The molecule has 21 heavy (non-hydrogen) atoms. The second kappa shape index (κ2) is 5.60. The van der Waals surface area contributed by atoms with Crippen LogP contribution in [0.15, 0.2) is 14.5 Å². The number of sulfonamides is 2. The smallest absolute Gasteiger partial charge is 0.252 e. The van der Waals surface area contributed by atoms with E-state index in [-0.39, 0.29) is 21.0 Å². The molecule has 120 valence electrons. The van der Waals surface area contributed by atoms with Gasteiger partial charge in [-0.1, -0.05) is 13.8 Å². The lowest BCUT2D eigenvalue weighted by Crippen LogP contribution is -2.41. The first-order valence-corrected chi connectivity index (χ1v) is 10.2. The molecular weight excluding hydrogens is 334 g/mol. The highest BCUT2D eigenvalue weighted by Crippen LogP contribution is 2.39. The molecule has 3 N–H and O–H groups in total. The van der Waals surface area contributed by atoms with Gasteiger partial charge in [-0.3, -0.25) is 0 Å². The van der Waals surface area contributed by atoms with Crippen molar-refractivity contribution in [3.8, 4) is 0 Å². The standard InChI is InChI=1S/C11H19N3O4S3/c1-7(2)5-13-9-6-14(3)21(17,18)11-8(9)4-10(19-11)20(12,15)16/h4,7,9,13H,5-6H2,1-3H3,(H2,12,15,16)/t9-/m0/s1. The van der Waals surface area contributed by atoms with Crippen molar-refractivity contribution in [2.24, 2.45) is 11.1 Å². The zero-order chi connectivity index (χ0) is 16.0. The van der Waals surface area contributed by atoms with Crippen LogP contribution >= 0.6 is 11.3 Å². The molecular formula is C11H19N3O4S3. The fourth-order valence-corrected chi connectivity index (χ4v) is 6.15. The third-order valence-corrected chi connectivity index (χ3v) is 8.14. The number of nitrogens with one attached hydrogen (secondary N) is 1. The highest BCUT2D eigenvalue weighted by Gasteiger charge is 2.38. The molecule has 1 aliphatic rings. The minimum absolute atomic E-state index is 0.0570. The average molecular weight is 353 g/mol. The van der Waals surface area contributed by atoms with Gasteiger partial charge in [-0.05, 0) is 18.5 Å². The number of nitrogens with two attached hydrogens (primary N) is 1. The van der Waals surface area contributed by atoms with Crippen LogP contribution in [0.25, 0.3) is 0 Å². The molecule has 0 amide bonds. The van der Waals surface area contributed by atoms with Gasteiger partial charge in [0, 0.05) is 25.2 Å². The second-order valence-electron chi connectivity index (χ2n) is 5.49. The highest BCUT2D eigenvalue weighted by molar-refractivity contribution is 7.94. The Kier molecular flexibility index (Phi) is 4.49.